The molecule has 0 aliphatic carbocycles. The Balaban J connectivity index is 2.06. The Morgan fingerprint density at radius 1 is 0.950 bits per heavy atom. The van der Waals surface area contributed by atoms with Crippen LogP contribution in [0.5, 0.6) is 0 Å². The average molecular weight is 379 g/mol. The normalized spacial score (nSPS) is 12.4. The van der Waals surface area contributed by atoms with Gasteiger partial charge >= 0.3 is 0 Å². The molecule has 1 atom stereocenters. The Morgan fingerprint density at radius 3 is 2.20 bits per heavy atom. The van der Waals surface area contributed by atoms with Crippen molar-refractivity contribution in [2.75, 3.05) is 5.32 Å². The molecule has 0 aliphatic rings. The van der Waals surface area contributed by atoms with Gasteiger partial charge in [0.2, 0.25) is 0 Å². The van der Waals surface area contributed by atoms with Gasteiger partial charge in [-0.2, -0.15) is 0 Å². The molecule has 1 unspecified atom stereocenters. The first-order valence-corrected chi connectivity index (χ1v) is 8.24. The number of benzene rings is 2. The van der Waals surface area contributed by atoms with E-state index in [1.807, 2.05) is 0 Å². The fourth-order valence-corrected chi connectivity index (χ4v) is 2.85. The van der Waals surface area contributed by atoms with Gasteiger partial charge in [-0.05, 0) is 65.1 Å². The largest absolute Gasteiger partial charge is 0.378 e. The molecule has 1 nitrogen and oxygen atoms in total. The summed E-state index contributed by atoms with van der Waals surface area (Å²) in [6.45, 7) is 6.73. The van der Waals surface area contributed by atoms with Crippen LogP contribution in [0, 0.1) is 9.49 Å². The van der Waals surface area contributed by atoms with Crippen LogP contribution in [0.4, 0.5) is 5.69 Å². The van der Waals surface area contributed by atoms with E-state index < -0.39 is 0 Å². The molecule has 2 heteroatoms. The molecule has 2 aromatic rings. The molecular formula is C18H22IN. The SMILES string of the molecule is CC(C)Cc1ccc(C(C)Nc2ccccc2I)cc1. The molecule has 0 aromatic heterocycles. The van der Waals surface area contributed by atoms with Crippen LogP contribution in [0.15, 0.2) is 48.5 Å². The molecule has 0 heterocycles. The quantitative estimate of drug-likeness (QED) is 0.661. The first-order valence-electron chi connectivity index (χ1n) is 7.16. The maximum Gasteiger partial charge on any atom is 0.0486 e. The maximum absolute atomic E-state index is 3.58. The van der Waals surface area contributed by atoms with E-state index in [0.29, 0.717) is 12.0 Å². The monoisotopic (exact) mass is 379 g/mol. The lowest BCUT2D eigenvalue weighted by Crippen LogP contribution is -2.07. The first kappa shape index (κ1) is 15.4. The smallest absolute Gasteiger partial charge is 0.0486 e. The van der Waals surface area contributed by atoms with Crippen molar-refractivity contribution in [1.82, 2.24) is 0 Å². The van der Waals surface area contributed by atoms with Gasteiger partial charge in [-0.25, -0.2) is 0 Å². The third kappa shape index (κ3) is 4.23. The third-order valence-electron chi connectivity index (χ3n) is 3.37. The lowest BCUT2D eigenvalue weighted by molar-refractivity contribution is 0.647. The maximum atomic E-state index is 3.58. The number of nitrogens with one attached hydrogen (secondary N) is 1. The van der Waals surface area contributed by atoms with Crippen molar-refractivity contribution in [3.63, 3.8) is 0 Å². The van der Waals surface area contributed by atoms with E-state index in [-0.39, 0.29) is 0 Å². The molecule has 0 fully saturated rings. The third-order valence-corrected chi connectivity index (χ3v) is 4.31. The number of halogens is 1. The van der Waals surface area contributed by atoms with Gasteiger partial charge < -0.3 is 5.32 Å². The molecule has 2 aromatic carbocycles. The molecule has 0 saturated carbocycles. The number of para-hydroxylation sites is 1. The molecule has 20 heavy (non-hydrogen) atoms. The van der Waals surface area contributed by atoms with Crippen molar-refractivity contribution in [3.8, 4) is 0 Å². The highest BCUT2D eigenvalue weighted by Gasteiger charge is 2.07. The van der Waals surface area contributed by atoms with Crippen molar-refractivity contribution in [3.05, 3.63) is 63.2 Å². The number of hydrogen-bond acceptors (Lipinski definition) is 1. The zero-order valence-corrected chi connectivity index (χ0v) is 14.5. The van der Waals surface area contributed by atoms with Crippen LogP contribution < -0.4 is 5.32 Å². The minimum absolute atomic E-state index is 0.319. The van der Waals surface area contributed by atoms with E-state index in [1.165, 1.54) is 20.4 Å². The highest BCUT2D eigenvalue weighted by atomic mass is 127. The lowest BCUT2D eigenvalue weighted by atomic mass is 10.00. The van der Waals surface area contributed by atoms with Gasteiger partial charge in [0.05, 0.1) is 0 Å². The molecule has 0 bridgehead atoms. The summed E-state index contributed by atoms with van der Waals surface area (Å²) >= 11 is 2.37. The summed E-state index contributed by atoms with van der Waals surface area (Å²) in [7, 11) is 0. The van der Waals surface area contributed by atoms with Crippen LogP contribution >= 0.6 is 22.6 Å². The molecule has 0 amide bonds. The summed E-state index contributed by atoms with van der Waals surface area (Å²) < 4.78 is 1.26. The van der Waals surface area contributed by atoms with Crippen molar-refractivity contribution >= 4 is 28.3 Å². The molecule has 1 N–H and O–H groups in total. The lowest BCUT2D eigenvalue weighted by Gasteiger charge is -2.17. The molecular weight excluding hydrogens is 357 g/mol. The first-order chi connectivity index (χ1) is 9.56. The van der Waals surface area contributed by atoms with Crippen LogP contribution in [0.25, 0.3) is 0 Å². The van der Waals surface area contributed by atoms with Crippen molar-refractivity contribution in [2.24, 2.45) is 5.92 Å². The average Bonchev–Trinajstić information content (AvgIpc) is 2.41. The molecule has 0 aliphatic heterocycles. The highest BCUT2D eigenvalue weighted by molar-refractivity contribution is 14.1. The van der Waals surface area contributed by atoms with Gasteiger partial charge in [0.25, 0.3) is 0 Å². The Kier molecular flexibility index (Phi) is 5.46. The molecule has 0 spiro atoms. The summed E-state index contributed by atoms with van der Waals surface area (Å²) in [6.07, 6.45) is 1.15. The summed E-state index contributed by atoms with van der Waals surface area (Å²) in [5.41, 5.74) is 3.95. The molecule has 2 rings (SSSR count). The van der Waals surface area contributed by atoms with Crippen LogP contribution in [0.3, 0.4) is 0 Å². The Hall–Kier alpha value is -1.03. The fourth-order valence-electron chi connectivity index (χ4n) is 2.31. The molecule has 0 saturated heterocycles. The van der Waals surface area contributed by atoms with Gasteiger partial charge in [-0.15, -0.1) is 0 Å². The van der Waals surface area contributed by atoms with Gasteiger partial charge in [0, 0.05) is 15.3 Å². The van der Waals surface area contributed by atoms with E-state index in [2.05, 4.69) is 97.2 Å². The summed E-state index contributed by atoms with van der Waals surface area (Å²) in [6, 6.07) is 17.7. The minimum Gasteiger partial charge on any atom is -0.378 e. The predicted molar refractivity (Wildman–Crippen MR) is 96.2 cm³/mol. The zero-order chi connectivity index (χ0) is 14.5. The molecule has 106 valence electrons. The Labute approximate surface area is 135 Å². The predicted octanol–water partition coefficient (Wildman–Crippen LogP) is 5.66. The van der Waals surface area contributed by atoms with Gasteiger partial charge in [0.15, 0.2) is 0 Å². The van der Waals surface area contributed by atoms with E-state index in [0.717, 1.165) is 6.42 Å². The second-order valence-electron chi connectivity index (χ2n) is 5.69. The van der Waals surface area contributed by atoms with E-state index in [1.54, 1.807) is 0 Å². The van der Waals surface area contributed by atoms with E-state index >= 15 is 0 Å². The Morgan fingerprint density at radius 2 is 1.60 bits per heavy atom. The second-order valence-corrected chi connectivity index (χ2v) is 6.85. The summed E-state index contributed by atoms with van der Waals surface area (Å²) in [5, 5.41) is 3.58. The standard InChI is InChI=1S/C18H22IN/c1-13(2)12-15-8-10-16(11-9-15)14(3)20-18-7-5-4-6-17(18)19/h4-11,13-14,20H,12H2,1-3H3. The topological polar surface area (TPSA) is 12.0 Å². The number of anilines is 1. The summed E-state index contributed by atoms with van der Waals surface area (Å²) in [5.74, 6) is 0.710. The van der Waals surface area contributed by atoms with Crippen molar-refractivity contribution in [2.45, 2.75) is 33.2 Å². The fraction of sp³-hybridized carbons (Fsp3) is 0.333. The van der Waals surface area contributed by atoms with Gasteiger partial charge in [-0.3, -0.25) is 0 Å². The minimum atomic E-state index is 0.319. The van der Waals surface area contributed by atoms with E-state index in [4.69, 9.17) is 0 Å². The van der Waals surface area contributed by atoms with Crippen molar-refractivity contribution < 1.29 is 0 Å². The van der Waals surface area contributed by atoms with Gasteiger partial charge in [0.1, 0.15) is 0 Å². The molecule has 0 radical (unpaired) electrons. The van der Waals surface area contributed by atoms with E-state index in [9.17, 15) is 0 Å². The van der Waals surface area contributed by atoms with Gasteiger partial charge in [-0.1, -0.05) is 50.2 Å². The van der Waals surface area contributed by atoms with Crippen LogP contribution in [-0.4, -0.2) is 0 Å². The Bertz CT molecular complexity index is 546. The summed E-state index contributed by atoms with van der Waals surface area (Å²) in [4.78, 5) is 0. The van der Waals surface area contributed by atoms with Crippen LogP contribution in [0.2, 0.25) is 0 Å². The van der Waals surface area contributed by atoms with Crippen LogP contribution in [-0.2, 0) is 6.42 Å². The van der Waals surface area contributed by atoms with Crippen molar-refractivity contribution in [1.29, 1.82) is 0 Å². The zero-order valence-electron chi connectivity index (χ0n) is 12.4. The number of rotatable bonds is 5. The second kappa shape index (κ2) is 7.11. The highest BCUT2D eigenvalue weighted by Crippen LogP contribution is 2.24. The van der Waals surface area contributed by atoms with Crippen LogP contribution in [0.1, 0.15) is 37.9 Å². The number of hydrogen-bond donors (Lipinski definition) is 1.